The number of aliphatic hydroxyl groups is 1. The fraction of sp³-hybridized carbons (Fsp3) is 0.321. The number of carbonyl (C=O) groups excluding carboxylic acids is 1. The molecule has 39 heavy (non-hydrogen) atoms. The third-order valence-electron chi connectivity index (χ3n) is 6.35. The molecule has 11 heteroatoms. The van der Waals surface area contributed by atoms with Gasteiger partial charge in [-0.05, 0) is 67.1 Å². The van der Waals surface area contributed by atoms with Crippen LogP contribution >= 0.6 is 23.2 Å². The van der Waals surface area contributed by atoms with E-state index in [4.69, 9.17) is 28.3 Å². The van der Waals surface area contributed by atoms with E-state index in [9.17, 15) is 21.6 Å². The molecule has 210 valence electrons. The molecular formula is C28H31Cl2NO6S2. The first-order valence-electron chi connectivity index (χ1n) is 12.3. The highest BCUT2D eigenvalue weighted by Gasteiger charge is 2.19. The van der Waals surface area contributed by atoms with Gasteiger partial charge in [-0.2, -0.15) is 0 Å². The molecule has 3 aromatic rings. The fourth-order valence-corrected chi connectivity index (χ4v) is 6.62. The summed E-state index contributed by atoms with van der Waals surface area (Å²) < 4.78 is 47.4. The molecule has 0 saturated carbocycles. The fourth-order valence-electron chi connectivity index (χ4n) is 4.11. The van der Waals surface area contributed by atoms with Gasteiger partial charge in [0.15, 0.2) is 19.7 Å². The van der Waals surface area contributed by atoms with E-state index in [0.717, 1.165) is 17.4 Å². The van der Waals surface area contributed by atoms with Gasteiger partial charge >= 0.3 is 0 Å². The lowest BCUT2D eigenvalue weighted by Gasteiger charge is -2.12. The van der Waals surface area contributed by atoms with E-state index >= 15 is 0 Å². The lowest BCUT2D eigenvalue weighted by Crippen LogP contribution is -2.23. The quantitative estimate of drug-likeness (QED) is 0.284. The Labute approximate surface area is 240 Å². The van der Waals surface area contributed by atoms with Crippen LogP contribution < -0.4 is 5.32 Å². The number of anilines is 1. The Hall–Kier alpha value is -2.43. The van der Waals surface area contributed by atoms with E-state index in [1.54, 1.807) is 31.2 Å². The molecule has 1 amide bonds. The number of amides is 1. The molecule has 0 aliphatic heterocycles. The molecule has 7 nitrogen and oxygen atoms in total. The molecule has 0 fully saturated rings. The smallest absolute Gasteiger partial charge is 0.228 e. The van der Waals surface area contributed by atoms with Crippen molar-refractivity contribution in [3.8, 4) is 11.1 Å². The zero-order valence-corrected chi connectivity index (χ0v) is 24.8. The number of aliphatic hydroxyl groups excluding tert-OH is 1. The maximum Gasteiger partial charge on any atom is 0.228 e. The van der Waals surface area contributed by atoms with E-state index < -0.39 is 24.9 Å². The van der Waals surface area contributed by atoms with Gasteiger partial charge in [-0.25, -0.2) is 16.8 Å². The second kappa shape index (κ2) is 13.3. The summed E-state index contributed by atoms with van der Waals surface area (Å²) >= 11 is 12.9. The van der Waals surface area contributed by atoms with Crippen molar-refractivity contribution in [1.82, 2.24) is 0 Å². The number of sulfone groups is 2. The normalized spacial score (nSPS) is 12.7. The number of hydrogen-bond donors (Lipinski definition) is 2. The molecule has 0 aromatic heterocycles. The molecule has 1 unspecified atom stereocenters. The zero-order valence-electron chi connectivity index (χ0n) is 21.7. The Bertz CT molecular complexity index is 1500. The molecule has 0 heterocycles. The Balaban J connectivity index is 1.58. The van der Waals surface area contributed by atoms with Crippen LogP contribution in [0.3, 0.4) is 0 Å². The van der Waals surface area contributed by atoms with Crippen LogP contribution in [0.15, 0.2) is 65.6 Å². The zero-order chi connectivity index (χ0) is 28.8. The summed E-state index contributed by atoms with van der Waals surface area (Å²) in [6.45, 7) is 1.30. The van der Waals surface area contributed by atoms with Crippen molar-refractivity contribution in [3.63, 3.8) is 0 Å². The molecular weight excluding hydrogens is 581 g/mol. The Morgan fingerprint density at radius 2 is 1.49 bits per heavy atom. The number of carbonyl (C=O) groups is 1. The van der Waals surface area contributed by atoms with Crippen LogP contribution in [0.5, 0.6) is 0 Å². The molecule has 3 rings (SSSR count). The maximum atomic E-state index is 12.6. The van der Waals surface area contributed by atoms with Crippen molar-refractivity contribution in [3.05, 3.63) is 81.8 Å². The lowest BCUT2D eigenvalue weighted by atomic mass is 10.0. The highest BCUT2D eigenvalue weighted by Crippen LogP contribution is 2.37. The number of benzene rings is 3. The maximum absolute atomic E-state index is 12.6. The van der Waals surface area contributed by atoms with Gasteiger partial charge in [0, 0.05) is 17.5 Å². The van der Waals surface area contributed by atoms with E-state index in [1.807, 2.05) is 24.3 Å². The van der Waals surface area contributed by atoms with E-state index in [1.165, 1.54) is 12.1 Å². The van der Waals surface area contributed by atoms with Gasteiger partial charge in [0.1, 0.15) is 0 Å². The predicted molar refractivity (Wildman–Crippen MR) is 157 cm³/mol. The standard InChI is InChI=1S/C28H31Cl2NO6S2/c1-19(39(36,37)15-14-32)4-3-5-20-6-8-21(9-7-20)16-27(33)31-23-17-25(29)28(26(30)18-23)22-10-12-24(13-11-22)38(2,34)35/h6-13,17-19,32H,3-5,14-16H2,1-2H3,(H,31,33). The predicted octanol–water partition coefficient (Wildman–Crippen LogP) is 5.36. The van der Waals surface area contributed by atoms with Crippen molar-refractivity contribution >= 4 is 54.5 Å². The molecule has 3 aromatic carbocycles. The van der Waals surface area contributed by atoms with Crippen molar-refractivity contribution in [2.75, 3.05) is 23.9 Å². The van der Waals surface area contributed by atoms with Crippen LogP contribution in [0.1, 0.15) is 30.9 Å². The molecule has 0 saturated heterocycles. The van der Waals surface area contributed by atoms with E-state index in [2.05, 4.69) is 5.32 Å². The van der Waals surface area contributed by atoms with Gasteiger partial charge < -0.3 is 10.4 Å². The number of nitrogens with one attached hydrogen (secondary N) is 1. The molecule has 1 atom stereocenters. The first kappa shape index (κ1) is 31.1. The van der Waals surface area contributed by atoms with Gasteiger partial charge in [-0.3, -0.25) is 4.79 Å². The van der Waals surface area contributed by atoms with Crippen LogP contribution in [-0.2, 0) is 37.3 Å². The molecule has 0 aliphatic rings. The average Bonchev–Trinajstić information content (AvgIpc) is 2.84. The Kier molecular flexibility index (Phi) is 10.6. The minimum atomic E-state index is -3.33. The first-order valence-corrected chi connectivity index (χ1v) is 16.7. The Morgan fingerprint density at radius 1 is 0.923 bits per heavy atom. The van der Waals surface area contributed by atoms with Crippen LogP contribution in [-0.4, -0.2) is 51.7 Å². The first-order chi connectivity index (χ1) is 18.3. The van der Waals surface area contributed by atoms with Gasteiger partial charge in [0.2, 0.25) is 5.91 Å². The molecule has 0 bridgehead atoms. The SMILES string of the molecule is CC(CCCc1ccc(CC(=O)Nc2cc(Cl)c(-c3ccc(S(C)(=O)=O)cc3)c(Cl)c2)cc1)S(=O)(=O)CCO. The second-order valence-corrected chi connectivity index (χ2v) is 14.8. The number of aryl methyl sites for hydroxylation is 1. The van der Waals surface area contributed by atoms with Gasteiger partial charge in [-0.1, -0.05) is 59.6 Å². The molecule has 0 aliphatic carbocycles. The lowest BCUT2D eigenvalue weighted by molar-refractivity contribution is -0.115. The third-order valence-corrected chi connectivity index (χ3v) is 10.3. The van der Waals surface area contributed by atoms with Crippen LogP contribution in [0, 0.1) is 0 Å². The van der Waals surface area contributed by atoms with Crippen molar-refractivity contribution < 1.29 is 26.7 Å². The third kappa shape index (κ3) is 8.78. The van der Waals surface area contributed by atoms with E-state index in [0.29, 0.717) is 46.1 Å². The number of rotatable bonds is 12. The highest BCUT2D eigenvalue weighted by molar-refractivity contribution is 7.92. The van der Waals surface area contributed by atoms with Gasteiger partial charge in [0.25, 0.3) is 0 Å². The average molecular weight is 613 g/mol. The summed E-state index contributed by atoms with van der Waals surface area (Å²) in [4.78, 5) is 12.8. The van der Waals surface area contributed by atoms with Gasteiger partial charge in [-0.15, -0.1) is 0 Å². The van der Waals surface area contributed by atoms with Crippen LogP contribution in [0.2, 0.25) is 10.0 Å². The minimum Gasteiger partial charge on any atom is -0.395 e. The highest BCUT2D eigenvalue weighted by atomic mass is 35.5. The largest absolute Gasteiger partial charge is 0.395 e. The van der Waals surface area contributed by atoms with Crippen molar-refractivity contribution in [2.45, 2.75) is 42.8 Å². The minimum absolute atomic E-state index is 0.140. The number of hydrogen-bond acceptors (Lipinski definition) is 6. The summed E-state index contributed by atoms with van der Waals surface area (Å²) in [5.74, 6) is -0.461. The molecule has 0 spiro atoms. The molecule has 2 N–H and O–H groups in total. The number of halogens is 2. The van der Waals surface area contributed by atoms with Crippen LogP contribution in [0.4, 0.5) is 5.69 Å². The summed E-state index contributed by atoms with van der Waals surface area (Å²) in [5.41, 5.74) is 3.48. The van der Waals surface area contributed by atoms with E-state index in [-0.39, 0.29) is 29.6 Å². The molecule has 0 radical (unpaired) electrons. The van der Waals surface area contributed by atoms with Crippen LogP contribution in [0.25, 0.3) is 11.1 Å². The van der Waals surface area contributed by atoms with Gasteiger partial charge in [0.05, 0.1) is 39.0 Å². The van der Waals surface area contributed by atoms with Crippen molar-refractivity contribution in [1.29, 1.82) is 0 Å². The Morgan fingerprint density at radius 3 is 2.03 bits per heavy atom. The summed E-state index contributed by atoms with van der Waals surface area (Å²) in [7, 11) is -6.60. The summed E-state index contributed by atoms with van der Waals surface area (Å²) in [6.07, 6.45) is 3.20. The topological polar surface area (TPSA) is 118 Å². The summed E-state index contributed by atoms with van der Waals surface area (Å²) in [6, 6.07) is 17.0. The summed E-state index contributed by atoms with van der Waals surface area (Å²) in [5, 5.41) is 11.8. The van der Waals surface area contributed by atoms with Crippen molar-refractivity contribution in [2.24, 2.45) is 0 Å². The monoisotopic (exact) mass is 611 g/mol. The second-order valence-electron chi connectivity index (χ2n) is 9.45.